The Morgan fingerprint density at radius 2 is 1.90 bits per heavy atom. The molecule has 1 aromatic carbocycles. The summed E-state index contributed by atoms with van der Waals surface area (Å²) >= 11 is 3.10. The minimum absolute atomic E-state index is 0.0507. The monoisotopic (exact) mass is 384 g/mol. The first-order valence-electron chi connectivity index (χ1n) is 5.31. The molecule has 2 rings (SSSR count). The summed E-state index contributed by atoms with van der Waals surface area (Å²) in [6, 6.07) is 2.94. The summed E-state index contributed by atoms with van der Waals surface area (Å²) in [5, 5.41) is 11.4. The summed E-state index contributed by atoms with van der Waals surface area (Å²) in [4.78, 5) is 0. The highest BCUT2D eigenvalue weighted by Gasteiger charge is 2.32. The maximum atomic E-state index is 12.7. The summed E-state index contributed by atoms with van der Waals surface area (Å²) in [6.07, 6.45) is -4.53. The number of halogens is 4. The molecule has 0 fully saturated rings. The first-order chi connectivity index (χ1) is 9.51. The van der Waals surface area contributed by atoms with Gasteiger partial charge in [0.25, 0.3) is 15.2 Å². The first-order valence-corrected chi connectivity index (χ1v) is 7.65. The molecule has 0 saturated heterocycles. The van der Waals surface area contributed by atoms with E-state index >= 15 is 0 Å². The molecule has 11 heteroatoms. The van der Waals surface area contributed by atoms with Gasteiger partial charge in [0.1, 0.15) is 0 Å². The Hall–Kier alpha value is -1.46. The predicted octanol–water partition coefficient (Wildman–Crippen LogP) is 1.91. The molecule has 1 aromatic heterocycles. The SMILES string of the molecule is Cn1c(-c2cc(C(F)(F)F)ccc2Br)nnc1S(N)(=O)=O. The number of nitrogens with zero attached hydrogens (tertiary/aromatic N) is 3. The smallest absolute Gasteiger partial charge is 0.300 e. The molecular formula is C10H8BrF3N4O2S. The number of benzene rings is 1. The van der Waals surface area contributed by atoms with E-state index in [0.29, 0.717) is 4.47 Å². The molecular weight excluding hydrogens is 377 g/mol. The van der Waals surface area contributed by atoms with Gasteiger partial charge in [-0.3, -0.25) is 4.57 Å². The zero-order valence-electron chi connectivity index (χ0n) is 10.4. The highest BCUT2D eigenvalue weighted by Crippen LogP contribution is 2.35. The van der Waals surface area contributed by atoms with Gasteiger partial charge in [-0.15, -0.1) is 10.2 Å². The van der Waals surface area contributed by atoms with Crippen molar-refractivity contribution in [1.29, 1.82) is 0 Å². The van der Waals surface area contributed by atoms with Crippen molar-refractivity contribution in [3.8, 4) is 11.4 Å². The van der Waals surface area contributed by atoms with Gasteiger partial charge in [0.2, 0.25) is 0 Å². The third-order valence-electron chi connectivity index (χ3n) is 2.62. The Kier molecular flexibility index (Phi) is 3.84. The second-order valence-electron chi connectivity index (χ2n) is 4.10. The summed E-state index contributed by atoms with van der Waals surface area (Å²) < 4.78 is 62.1. The molecule has 0 amide bonds. The molecule has 0 spiro atoms. The van der Waals surface area contributed by atoms with Crippen LogP contribution in [0.2, 0.25) is 0 Å². The van der Waals surface area contributed by atoms with Gasteiger partial charge in [-0.25, -0.2) is 13.6 Å². The fourth-order valence-electron chi connectivity index (χ4n) is 1.67. The van der Waals surface area contributed by atoms with Gasteiger partial charge in [-0.2, -0.15) is 13.2 Å². The predicted molar refractivity (Wildman–Crippen MR) is 70.5 cm³/mol. The molecule has 0 aliphatic rings. The molecule has 21 heavy (non-hydrogen) atoms. The Morgan fingerprint density at radius 3 is 2.38 bits per heavy atom. The van der Waals surface area contributed by atoms with Gasteiger partial charge in [0.05, 0.1) is 5.56 Å². The van der Waals surface area contributed by atoms with Crippen LogP contribution < -0.4 is 5.14 Å². The van der Waals surface area contributed by atoms with E-state index in [0.717, 1.165) is 16.7 Å². The van der Waals surface area contributed by atoms with Crippen LogP contribution in [0.3, 0.4) is 0 Å². The maximum Gasteiger partial charge on any atom is 0.416 e. The van der Waals surface area contributed by atoms with Crippen molar-refractivity contribution < 1.29 is 21.6 Å². The fraction of sp³-hybridized carbons (Fsp3) is 0.200. The highest BCUT2D eigenvalue weighted by molar-refractivity contribution is 9.10. The van der Waals surface area contributed by atoms with Crippen LogP contribution in [0.4, 0.5) is 13.2 Å². The molecule has 0 aliphatic carbocycles. The van der Waals surface area contributed by atoms with Crippen LogP contribution in [0, 0.1) is 0 Å². The van der Waals surface area contributed by atoms with E-state index in [1.54, 1.807) is 0 Å². The van der Waals surface area contributed by atoms with Crippen LogP contribution >= 0.6 is 15.9 Å². The number of alkyl halides is 3. The van der Waals surface area contributed by atoms with Crippen molar-refractivity contribution in [2.45, 2.75) is 11.3 Å². The van der Waals surface area contributed by atoms with E-state index in [4.69, 9.17) is 5.14 Å². The molecule has 0 atom stereocenters. The molecule has 114 valence electrons. The molecule has 0 radical (unpaired) electrons. The molecule has 0 bridgehead atoms. The fourth-order valence-corrected chi connectivity index (χ4v) is 2.72. The lowest BCUT2D eigenvalue weighted by Gasteiger charge is -2.10. The van der Waals surface area contributed by atoms with Crippen LogP contribution in [0.5, 0.6) is 0 Å². The molecule has 0 aliphatic heterocycles. The minimum Gasteiger partial charge on any atom is -0.300 e. The lowest BCUT2D eigenvalue weighted by atomic mass is 10.1. The van der Waals surface area contributed by atoms with Gasteiger partial charge < -0.3 is 0 Å². The Balaban J connectivity index is 2.66. The zero-order valence-corrected chi connectivity index (χ0v) is 12.8. The van der Waals surface area contributed by atoms with E-state index in [1.807, 2.05) is 0 Å². The van der Waals surface area contributed by atoms with E-state index < -0.39 is 26.9 Å². The topological polar surface area (TPSA) is 90.9 Å². The zero-order chi connectivity index (χ0) is 16.0. The lowest BCUT2D eigenvalue weighted by Crippen LogP contribution is -2.17. The number of rotatable bonds is 2. The Labute approximate surface area is 126 Å². The molecule has 1 heterocycles. The third kappa shape index (κ3) is 3.09. The number of primary sulfonamides is 1. The van der Waals surface area contributed by atoms with Crippen LogP contribution in [-0.4, -0.2) is 23.2 Å². The quantitative estimate of drug-likeness (QED) is 0.855. The van der Waals surface area contributed by atoms with Crippen molar-refractivity contribution in [1.82, 2.24) is 14.8 Å². The van der Waals surface area contributed by atoms with E-state index in [-0.39, 0.29) is 11.4 Å². The average Bonchev–Trinajstić information content (AvgIpc) is 2.70. The van der Waals surface area contributed by atoms with Crippen molar-refractivity contribution in [3.05, 3.63) is 28.2 Å². The van der Waals surface area contributed by atoms with Gasteiger partial charge in [-0.05, 0) is 18.2 Å². The Bertz CT molecular complexity index is 801. The number of sulfonamides is 1. The Morgan fingerprint density at radius 1 is 1.29 bits per heavy atom. The standard InChI is InChI=1S/C10H8BrF3N4O2S/c1-18-8(16-17-9(18)21(15,19)20)6-4-5(10(12,13)14)2-3-7(6)11/h2-4H,1H3,(H2,15,19,20). The normalized spacial score (nSPS) is 12.7. The van der Waals surface area contributed by atoms with Crippen LogP contribution in [0.15, 0.2) is 27.8 Å². The summed E-state index contributed by atoms with van der Waals surface area (Å²) in [5.74, 6) is -0.0583. The van der Waals surface area contributed by atoms with Crippen molar-refractivity contribution in [2.24, 2.45) is 12.2 Å². The van der Waals surface area contributed by atoms with Crippen molar-refractivity contribution in [2.75, 3.05) is 0 Å². The average molecular weight is 385 g/mol. The van der Waals surface area contributed by atoms with Crippen LogP contribution in [0.1, 0.15) is 5.56 Å². The van der Waals surface area contributed by atoms with Gasteiger partial charge in [0.15, 0.2) is 5.82 Å². The largest absolute Gasteiger partial charge is 0.416 e. The van der Waals surface area contributed by atoms with Crippen molar-refractivity contribution >= 4 is 26.0 Å². The number of hydrogen-bond acceptors (Lipinski definition) is 4. The summed E-state index contributed by atoms with van der Waals surface area (Å²) in [6.45, 7) is 0. The summed E-state index contributed by atoms with van der Waals surface area (Å²) in [5.41, 5.74) is -0.837. The molecule has 2 N–H and O–H groups in total. The number of aromatic nitrogens is 3. The van der Waals surface area contributed by atoms with Gasteiger partial charge in [0, 0.05) is 17.1 Å². The first kappa shape index (κ1) is 15.9. The van der Waals surface area contributed by atoms with E-state index in [1.165, 1.54) is 13.1 Å². The lowest BCUT2D eigenvalue weighted by molar-refractivity contribution is -0.137. The summed E-state index contributed by atoms with van der Waals surface area (Å²) in [7, 11) is -2.83. The van der Waals surface area contributed by atoms with Crippen LogP contribution in [-0.2, 0) is 23.2 Å². The van der Waals surface area contributed by atoms with Crippen LogP contribution in [0.25, 0.3) is 11.4 Å². The molecule has 0 unspecified atom stereocenters. The molecule has 0 saturated carbocycles. The maximum absolute atomic E-state index is 12.7. The highest BCUT2D eigenvalue weighted by atomic mass is 79.9. The minimum atomic E-state index is -4.53. The second-order valence-corrected chi connectivity index (χ2v) is 6.41. The third-order valence-corrected chi connectivity index (χ3v) is 4.18. The molecule has 2 aromatic rings. The van der Waals surface area contributed by atoms with E-state index in [2.05, 4.69) is 26.1 Å². The number of nitrogens with two attached hydrogens (primary N) is 1. The van der Waals surface area contributed by atoms with Crippen molar-refractivity contribution in [3.63, 3.8) is 0 Å². The molecule has 6 nitrogen and oxygen atoms in total. The number of hydrogen-bond donors (Lipinski definition) is 1. The van der Waals surface area contributed by atoms with Gasteiger partial charge in [-0.1, -0.05) is 15.9 Å². The van der Waals surface area contributed by atoms with E-state index in [9.17, 15) is 21.6 Å². The van der Waals surface area contributed by atoms with Gasteiger partial charge >= 0.3 is 6.18 Å². The second kappa shape index (κ2) is 5.07.